The highest BCUT2D eigenvalue weighted by atomic mass is 16.5. The Labute approximate surface area is 159 Å². The van der Waals surface area contributed by atoms with Gasteiger partial charge < -0.3 is 14.2 Å². The van der Waals surface area contributed by atoms with Crippen LogP contribution in [0.5, 0.6) is 0 Å². The zero-order valence-electron chi connectivity index (χ0n) is 15.6. The van der Waals surface area contributed by atoms with Crippen molar-refractivity contribution in [3.63, 3.8) is 0 Å². The molecule has 1 saturated heterocycles. The van der Waals surface area contributed by atoms with Crippen LogP contribution < -0.4 is 0 Å². The Morgan fingerprint density at radius 1 is 1.26 bits per heavy atom. The van der Waals surface area contributed by atoms with Gasteiger partial charge in [0, 0.05) is 18.9 Å². The van der Waals surface area contributed by atoms with Gasteiger partial charge in [-0.25, -0.2) is 4.79 Å². The molecule has 1 heterocycles. The van der Waals surface area contributed by atoms with Gasteiger partial charge in [0.1, 0.15) is 12.4 Å². The van der Waals surface area contributed by atoms with Crippen molar-refractivity contribution in [2.45, 2.75) is 39.2 Å². The Morgan fingerprint density at radius 2 is 2.04 bits per heavy atom. The Kier molecular flexibility index (Phi) is 8.71. The summed E-state index contributed by atoms with van der Waals surface area (Å²) in [4.78, 5) is 35.3. The molecule has 146 valence electrons. The van der Waals surface area contributed by atoms with E-state index in [-0.39, 0.29) is 24.8 Å². The minimum atomic E-state index is -0.489. The normalized spacial score (nSPS) is 16.6. The number of esters is 2. The second-order valence-corrected chi connectivity index (χ2v) is 6.46. The number of ether oxygens (including phenoxy) is 3. The van der Waals surface area contributed by atoms with Crippen molar-refractivity contribution < 1.29 is 28.6 Å². The molecule has 0 spiro atoms. The van der Waals surface area contributed by atoms with Gasteiger partial charge in [0.15, 0.2) is 0 Å². The smallest absolute Gasteiger partial charge is 0.333 e. The number of benzene rings is 1. The van der Waals surface area contributed by atoms with Crippen molar-refractivity contribution in [2.24, 2.45) is 5.92 Å². The van der Waals surface area contributed by atoms with E-state index in [1.807, 2.05) is 30.3 Å². The first-order valence-corrected chi connectivity index (χ1v) is 9.20. The number of hydrogen-bond acceptors (Lipinski definition) is 6. The van der Waals surface area contributed by atoms with Gasteiger partial charge in [-0.2, -0.15) is 0 Å². The Bertz CT molecular complexity index is 665. The van der Waals surface area contributed by atoms with Crippen LogP contribution in [-0.4, -0.2) is 37.5 Å². The third-order valence-electron chi connectivity index (χ3n) is 4.28. The zero-order chi connectivity index (χ0) is 19.5. The number of cyclic esters (lactones) is 1. The van der Waals surface area contributed by atoms with Gasteiger partial charge in [0.05, 0.1) is 25.7 Å². The summed E-state index contributed by atoms with van der Waals surface area (Å²) in [6.45, 7) is 2.49. The molecule has 0 amide bonds. The fourth-order valence-electron chi connectivity index (χ4n) is 2.74. The van der Waals surface area contributed by atoms with Gasteiger partial charge in [-0.05, 0) is 24.8 Å². The quantitative estimate of drug-likeness (QED) is 0.356. The minimum Gasteiger partial charge on any atom is -0.465 e. The van der Waals surface area contributed by atoms with Gasteiger partial charge >= 0.3 is 11.9 Å². The Morgan fingerprint density at radius 3 is 2.74 bits per heavy atom. The lowest BCUT2D eigenvalue weighted by Gasteiger charge is -2.17. The van der Waals surface area contributed by atoms with Crippen molar-refractivity contribution in [1.82, 2.24) is 0 Å². The molecule has 0 saturated carbocycles. The van der Waals surface area contributed by atoms with Crippen molar-refractivity contribution in [3.05, 3.63) is 47.5 Å². The molecule has 1 aliphatic heterocycles. The maximum Gasteiger partial charge on any atom is 0.333 e. The summed E-state index contributed by atoms with van der Waals surface area (Å²) in [5.41, 5.74) is 1.63. The molecule has 1 atom stereocenters. The second-order valence-electron chi connectivity index (χ2n) is 6.46. The number of carbonyl (C=O) groups excluding carboxylic acids is 3. The summed E-state index contributed by atoms with van der Waals surface area (Å²) in [6.07, 6.45) is 3.74. The summed E-state index contributed by atoms with van der Waals surface area (Å²) in [5, 5.41) is 0. The van der Waals surface area contributed by atoms with Gasteiger partial charge in [-0.1, -0.05) is 36.4 Å². The van der Waals surface area contributed by atoms with E-state index < -0.39 is 11.9 Å². The predicted octanol–water partition coefficient (Wildman–Crippen LogP) is 3.00. The summed E-state index contributed by atoms with van der Waals surface area (Å²) in [6, 6.07) is 9.72. The summed E-state index contributed by atoms with van der Waals surface area (Å²) in [7, 11) is 0. The zero-order valence-corrected chi connectivity index (χ0v) is 15.6. The summed E-state index contributed by atoms with van der Waals surface area (Å²) in [5.74, 6) is -1.30. The van der Waals surface area contributed by atoms with Crippen LogP contribution in [0.15, 0.2) is 42.0 Å². The summed E-state index contributed by atoms with van der Waals surface area (Å²) >= 11 is 0. The first kappa shape index (κ1) is 20.8. The van der Waals surface area contributed by atoms with E-state index in [2.05, 4.69) is 0 Å². The topological polar surface area (TPSA) is 78.9 Å². The lowest BCUT2D eigenvalue weighted by Crippen LogP contribution is -2.23. The van der Waals surface area contributed by atoms with Crippen LogP contribution in [0.1, 0.15) is 38.2 Å². The number of rotatable bonds is 10. The fourth-order valence-corrected chi connectivity index (χ4v) is 2.74. The van der Waals surface area contributed by atoms with Crippen LogP contribution in [0.2, 0.25) is 0 Å². The molecule has 1 aromatic carbocycles. The van der Waals surface area contributed by atoms with Gasteiger partial charge in [0.2, 0.25) is 0 Å². The monoisotopic (exact) mass is 374 g/mol. The molecule has 0 radical (unpaired) electrons. The van der Waals surface area contributed by atoms with E-state index in [0.29, 0.717) is 38.2 Å². The van der Waals surface area contributed by atoms with E-state index in [1.54, 1.807) is 6.08 Å². The molecule has 1 aromatic rings. The second kappa shape index (κ2) is 11.3. The number of Topliss-reactive ketones (excluding diaryl/α,β-unsaturated/α-hetero) is 1. The summed E-state index contributed by atoms with van der Waals surface area (Å²) < 4.78 is 15.6. The number of carbonyl (C=O) groups is 3. The van der Waals surface area contributed by atoms with Gasteiger partial charge in [0.25, 0.3) is 0 Å². The molecule has 2 rings (SSSR count). The average Bonchev–Trinajstić information content (AvgIpc) is 2.67. The molecule has 1 aliphatic rings. The predicted molar refractivity (Wildman–Crippen MR) is 98.7 cm³/mol. The van der Waals surface area contributed by atoms with Crippen LogP contribution in [0, 0.1) is 5.92 Å². The molecule has 0 bridgehead atoms. The lowest BCUT2D eigenvalue weighted by atomic mass is 9.96. The highest BCUT2D eigenvalue weighted by molar-refractivity contribution is 5.89. The van der Waals surface area contributed by atoms with Gasteiger partial charge in [-0.15, -0.1) is 0 Å². The lowest BCUT2D eigenvalue weighted by molar-refractivity contribution is -0.144. The highest BCUT2D eigenvalue weighted by Crippen LogP contribution is 2.18. The maximum atomic E-state index is 12.5. The molecule has 0 aromatic heterocycles. The van der Waals surface area contributed by atoms with E-state index in [9.17, 15) is 14.4 Å². The highest BCUT2D eigenvalue weighted by Gasteiger charge is 2.21. The standard InChI is InChI=1S/C21H26O6/c1-16(22)27-15-19(10-9-18-8-5-12-26-21(18)24)20(23)11-13-25-14-17-6-3-2-4-7-17/h2-4,6-7,9,19H,5,8,10-15H2,1H3/b18-9-/t19-/m0/s1. The van der Waals surface area contributed by atoms with Crippen molar-refractivity contribution in [1.29, 1.82) is 0 Å². The molecule has 0 N–H and O–H groups in total. The third-order valence-corrected chi connectivity index (χ3v) is 4.28. The van der Waals surface area contributed by atoms with Crippen LogP contribution in [-0.2, 0) is 35.2 Å². The molecule has 6 heteroatoms. The third kappa shape index (κ3) is 7.74. The van der Waals surface area contributed by atoms with Crippen LogP contribution in [0.25, 0.3) is 0 Å². The van der Waals surface area contributed by atoms with Crippen molar-refractivity contribution >= 4 is 17.7 Å². The molecule has 0 aliphatic carbocycles. The SMILES string of the molecule is CC(=O)OC[C@H](C/C=C1/CCCOC1=O)C(=O)CCOCc1ccccc1. The maximum absolute atomic E-state index is 12.5. The Balaban J connectivity index is 1.83. The molecular formula is C21H26O6. The molecule has 27 heavy (non-hydrogen) atoms. The van der Waals surface area contributed by atoms with Crippen LogP contribution >= 0.6 is 0 Å². The van der Waals surface area contributed by atoms with Crippen LogP contribution in [0.4, 0.5) is 0 Å². The van der Waals surface area contributed by atoms with Crippen molar-refractivity contribution in [2.75, 3.05) is 19.8 Å². The number of allylic oxidation sites excluding steroid dienone is 1. The number of ketones is 1. The fraction of sp³-hybridized carbons (Fsp3) is 0.476. The first-order valence-electron chi connectivity index (χ1n) is 9.20. The molecule has 1 fully saturated rings. The van der Waals surface area contributed by atoms with E-state index in [0.717, 1.165) is 12.0 Å². The molecular weight excluding hydrogens is 348 g/mol. The molecule has 6 nitrogen and oxygen atoms in total. The van der Waals surface area contributed by atoms with Crippen molar-refractivity contribution in [3.8, 4) is 0 Å². The van der Waals surface area contributed by atoms with E-state index in [1.165, 1.54) is 6.92 Å². The average molecular weight is 374 g/mol. The van der Waals surface area contributed by atoms with E-state index in [4.69, 9.17) is 14.2 Å². The van der Waals surface area contributed by atoms with Gasteiger partial charge in [-0.3, -0.25) is 9.59 Å². The Hall–Kier alpha value is -2.47. The molecule has 0 unspecified atom stereocenters. The first-order chi connectivity index (χ1) is 13.1. The minimum absolute atomic E-state index is 0.00563. The number of hydrogen-bond donors (Lipinski definition) is 0. The van der Waals surface area contributed by atoms with E-state index >= 15 is 0 Å². The largest absolute Gasteiger partial charge is 0.465 e. The van der Waals surface area contributed by atoms with Crippen LogP contribution in [0.3, 0.4) is 0 Å².